The van der Waals surface area contributed by atoms with Crippen LogP contribution >= 0.6 is 15.9 Å². The summed E-state index contributed by atoms with van der Waals surface area (Å²) in [5, 5.41) is 4.46. The van der Waals surface area contributed by atoms with E-state index < -0.39 is 11.5 Å². The summed E-state index contributed by atoms with van der Waals surface area (Å²) in [5.41, 5.74) is 6.08. The molecule has 2 amide bonds. The van der Waals surface area contributed by atoms with Gasteiger partial charge in [-0.1, -0.05) is 6.92 Å². The van der Waals surface area contributed by atoms with Gasteiger partial charge in [0.15, 0.2) is 0 Å². The molecular weight excluding hydrogens is 404 g/mol. The molecule has 0 bridgehead atoms. The maximum Gasteiger partial charge on any atom is 0.410 e. The molecule has 0 aliphatic carbocycles. The van der Waals surface area contributed by atoms with Gasteiger partial charge in [-0.2, -0.15) is 5.10 Å². The molecule has 8 nitrogen and oxygen atoms in total. The number of methoxy groups -OCH3 is 1. The van der Waals surface area contributed by atoms with Crippen molar-refractivity contribution in [2.45, 2.75) is 58.2 Å². The first-order chi connectivity index (χ1) is 12.1. The molecule has 1 aromatic rings. The SMILES string of the molecule is CCc1c(C(N)=O)c(Br)nn1[C@H]1C[C@H](COC)N(C(=O)OC(C)(C)C)C1. The molecule has 0 spiro atoms. The third-order valence-electron chi connectivity index (χ3n) is 4.27. The van der Waals surface area contributed by atoms with Crippen molar-refractivity contribution in [1.29, 1.82) is 0 Å². The van der Waals surface area contributed by atoms with E-state index in [4.69, 9.17) is 15.2 Å². The van der Waals surface area contributed by atoms with Crippen LogP contribution in [-0.2, 0) is 15.9 Å². The smallest absolute Gasteiger partial charge is 0.410 e. The van der Waals surface area contributed by atoms with Crippen molar-refractivity contribution in [1.82, 2.24) is 14.7 Å². The molecule has 1 fully saturated rings. The molecular formula is C17H27BrN4O4. The van der Waals surface area contributed by atoms with Crippen LogP contribution in [0.5, 0.6) is 0 Å². The predicted octanol–water partition coefficient (Wildman–Crippen LogP) is 2.50. The second-order valence-corrected chi connectivity index (χ2v) is 8.16. The van der Waals surface area contributed by atoms with Crippen molar-refractivity contribution in [3.05, 3.63) is 15.9 Å². The van der Waals surface area contributed by atoms with E-state index in [1.165, 1.54) is 0 Å². The van der Waals surface area contributed by atoms with Crippen LogP contribution in [-0.4, -0.2) is 58.6 Å². The number of halogens is 1. The minimum Gasteiger partial charge on any atom is -0.444 e. The van der Waals surface area contributed by atoms with Gasteiger partial charge in [-0.15, -0.1) is 0 Å². The van der Waals surface area contributed by atoms with E-state index in [9.17, 15) is 9.59 Å². The number of amides is 2. The van der Waals surface area contributed by atoms with Crippen LogP contribution in [0.25, 0.3) is 0 Å². The van der Waals surface area contributed by atoms with Gasteiger partial charge >= 0.3 is 6.09 Å². The number of rotatable bonds is 5. The highest BCUT2D eigenvalue weighted by atomic mass is 79.9. The molecule has 0 radical (unpaired) electrons. The molecule has 26 heavy (non-hydrogen) atoms. The lowest BCUT2D eigenvalue weighted by atomic mass is 10.1. The predicted molar refractivity (Wildman–Crippen MR) is 100 cm³/mol. The summed E-state index contributed by atoms with van der Waals surface area (Å²) in [6.07, 6.45) is 0.891. The number of carbonyl (C=O) groups is 2. The Hall–Kier alpha value is -1.61. The number of hydrogen-bond donors (Lipinski definition) is 1. The number of primary amides is 1. The fourth-order valence-electron chi connectivity index (χ4n) is 3.29. The fraction of sp³-hybridized carbons (Fsp3) is 0.706. The van der Waals surface area contributed by atoms with Gasteiger partial charge in [0, 0.05) is 13.7 Å². The molecule has 9 heteroatoms. The molecule has 2 heterocycles. The first kappa shape index (κ1) is 20.7. The molecule has 2 N–H and O–H groups in total. The second-order valence-electron chi connectivity index (χ2n) is 7.41. The molecule has 146 valence electrons. The summed E-state index contributed by atoms with van der Waals surface area (Å²) in [6, 6.07) is -0.202. The summed E-state index contributed by atoms with van der Waals surface area (Å²) < 4.78 is 13.0. The van der Waals surface area contributed by atoms with E-state index in [1.54, 1.807) is 16.7 Å². The monoisotopic (exact) mass is 430 g/mol. The van der Waals surface area contributed by atoms with Gasteiger partial charge < -0.3 is 20.1 Å². The van der Waals surface area contributed by atoms with Gasteiger partial charge in [0.2, 0.25) is 0 Å². The van der Waals surface area contributed by atoms with Gasteiger partial charge in [0.05, 0.1) is 29.9 Å². The van der Waals surface area contributed by atoms with Crippen molar-refractivity contribution in [3.63, 3.8) is 0 Å². The summed E-state index contributed by atoms with van der Waals surface area (Å²) in [7, 11) is 1.60. The van der Waals surface area contributed by atoms with Crippen LogP contribution < -0.4 is 5.73 Å². The standard InChI is InChI=1S/C17H27BrN4O4/c1-6-12-13(15(19)23)14(18)20-22(12)10-7-11(9-25-5)21(8-10)16(24)26-17(2,3)4/h10-11H,6-9H2,1-5H3,(H2,19,23)/t10-,11+/m0/s1. The van der Waals surface area contributed by atoms with Gasteiger partial charge in [0.25, 0.3) is 5.91 Å². The largest absolute Gasteiger partial charge is 0.444 e. The number of nitrogens with zero attached hydrogens (tertiary/aromatic N) is 3. The Kier molecular flexibility index (Phi) is 6.33. The molecule has 1 aliphatic heterocycles. The molecule has 1 aromatic heterocycles. The van der Waals surface area contributed by atoms with Crippen molar-refractivity contribution in [2.24, 2.45) is 5.73 Å². The number of nitrogens with two attached hydrogens (primary N) is 1. The summed E-state index contributed by atoms with van der Waals surface area (Å²) in [5.74, 6) is -0.518. The normalized spacial score (nSPS) is 20.5. The molecule has 1 saturated heterocycles. The van der Waals surface area contributed by atoms with E-state index in [1.807, 2.05) is 27.7 Å². The lowest BCUT2D eigenvalue weighted by Gasteiger charge is -2.28. The van der Waals surface area contributed by atoms with Crippen LogP contribution in [0.3, 0.4) is 0 Å². The Morgan fingerprint density at radius 1 is 1.38 bits per heavy atom. The zero-order valence-corrected chi connectivity index (χ0v) is 17.5. The summed E-state index contributed by atoms with van der Waals surface area (Å²) in [6.45, 7) is 8.29. The number of hydrogen-bond acceptors (Lipinski definition) is 5. The van der Waals surface area contributed by atoms with Crippen LogP contribution in [0.1, 0.15) is 56.2 Å². The number of likely N-dealkylation sites (tertiary alicyclic amines) is 1. The van der Waals surface area contributed by atoms with Gasteiger partial charge in [-0.25, -0.2) is 4.79 Å². The molecule has 0 saturated carbocycles. The second kappa shape index (κ2) is 7.96. The lowest BCUT2D eigenvalue weighted by molar-refractivity contribution is 0.0145. The van der Waals surface area contributed by atoms with E-state index in [2.05, 4.69) is 21.0 Å². The van der Waals surface area contributed by atoms with Crippen LogP contribution in [0.2, 0.25) is 0 Å². The molecule has 1 aliphatic rings. The molecule has 0 aromatic carbocycles. The Morgan fingerprint density at radius 2 is 2.04 bits per heavy atom. The van der Waals surface area contributed by atoms with E-state index in [0.717, 1.165) is 5.69 Å². The number of aromatic nitrogens is 2. The first-order valence-corrected chi connectivity index (χ1v) is 9.43. The highest BCUT2D eigenvalue weighted by Crippen LogP contribution is 2.32. The summed E-state index contributed by atoms with van der Waals surface area (Å²) in [4.78, 5) is 26.0. The zero-order chi connectivity index (χ0) is 19.6. The van der Waals surface area contributed by atoms with Crippen LogP contribution in [0.4, 0.5) is 4.79 Å². The fourth-order valence-corrected chi connectivity index (χ4v) is 3.88. The van der Waals surface area contributed by atoms with Crippen molar-refractivity contribution < 1.29 is 19.1 Å². The number of carbonyl (C=O) groups excluding carboxylic acids is 2. The Labute approximate surface area is 162 Å². The third kappa shape index (κ3) is 4.37. The van der Waals surface area contributed by atoms with Gasteiger partial charge in [-0.3, -0.25) is 9.48 Å². The lowest BCUT2D eigenvalue weighted by Crippen LogP contribution is -2.41. The van der Waals surface area contributed by atoms with Crippen LogP contribution in [0, 0.1) is 0 Å². The molecule has 0 unspecified atom stereocenters. The number of ether oxygens (including phenoxy) is 2. The molecule has 2 rings (SSSR count). The Balaban J connectivity index is 2.31. The average molecular weight is 431 g/mol. The highest BCUT2D eigenvalue weighted by molar-refractivity contribution is 9.10. The Bertz CT molecular complexity index is 683. The zero-order valence-electron chi connectivity index (χ0n) is 15.9. The van der Waals surface area contributed by atoms with Crippen molar-refractivity contribution in [3.8, 4) is 0 Å². The minimum atomic E-state index is -0.574. The third-order valence-corrected chi connectivity index (χ3v) is 4.83. The minimum absolute atomic E-state index is 0.0815. The van der Waals surface area contributed by atoms with E-state index >= 15 is 0 Å². The van der Waals surface area contributed by atoms with E-state index in [0.29, 0.717) is 36.2 Å². The quantitative estimate of drug-likeness (QED) is 0.772. The average Bonchev–Trinajstić information content (AvgIpc) is 3.06. The summed E-state index contributed by atoms with van der Waals surface area (Å²) >= 11 is 3.32. The highest BCUT2D eigenvalue weighted by Gasteiger charge is 2.40. The van der Waals surface area contributed by atoms with Crippen molar-refractivity contribution in [2.75, 3.05) is 20.3 Å². The van der Waals surface area contributed by atoms with Gasteiger partial charge in [0.1, 0.15) is 10.2 Å². The molecule has 2 atom stereocenters. The van der Waals surface area contributed by atoms with Gasteiger partial charge in [-0.05, 0) is 49.5 Å². The van der Waals surface area contributed by atoms with Crippen molar-refractivity contribution >= 4 is 27.9 Å². The maximum absolute atomic E-state index is 12.6. The topological polar surface area (TPSA) is 99.7 Å². The van der Waals surface area contributed by atoms with E-state index in [-0.39, 0.29) is 18.2 Å². The Morgan fingerprint density at radius 3 is 2.54 bits per heavy atom. The van der Waals surface area contributed by atoms with Crippen LogP contribution in [0.15, 0.2) is 4.60 Å². The maximum atomic E-state index is 12.6. The first-order valence-electron chi connectivity index (χ1n) is 8.64.